The van der Waals surface area contributed by atoms with Crippen LogP contribution in [0.25, 0.3) is 0 Å². The van der Waals surface area contributed by atoms with Gasteiger partial charge < -0.3 is 0 Å². The van der Waals surface area contributed by atoms with Crippen LogP contribution in [0.4, 0.5) is 0 Å². The van der Waals surface area contributed by atoms with Gasteiger partial charge in [0.15, 0.2) is 17.7 Å². The molecule has 2 aliphatic rings. The van der Waals surface area contributed by atoms with Crippen LogP contribution in [0.3, 0.4) is 0 Å². The molecule has 2 aromatic rings. The maximum Gasteiger partial charge on any atom is 0.358 e. The second-order valence-corrected chi connectivity index (χ2v) is 18.0. The van der Waals surface area contributed by atoms with Crippen LogP contribution in [0.5, 0.6) is 0 Å². The molecule has 3 atom stereocenters. The van der Waals surface area contributed by atoms with Gasteiger partial charge in [-0.1, -0.05) is 80.5 Å². The zero-order chi connectivity index (χ0) is 27.1. The second-order valence-electron chi connectivity index (χ2n) is 13.5. The Kier molecular flexibility index (Phi) is 6.46. The number of ketones is 1. The minimum absolute atomic E-state index is 0.0436. The number of hydrogen-bond acceptors (Lipinski definition) is 3. The van der Waals surface area contributed by atoms with Crippen LogP contribution in [0.2, 0.25) is 0 Å². The van der Waals surface area contributed by atoms with Gasteiger partial charge in [0.25, 0.3) is 10.1 Å². The first kappa shape index (κ1) is 27.8. The summed E-state index contributed by atoms with van der Waals surface area (Å²) in [6.45, 7) is 18.7. The Bertz CT molecular complexity index is 1310. The molecule has 1 N–H and O–H groups in total. The SMILES string of the molecule is CC(C)(C)c1ccc([I+]c2ccc(C(C)(C)C)cc2C2(S(=O)(=O)O)C(=O)C3(C)CCC2C3(C)C)cc1. The van der Waals surface area contributed by atoms with E-state index in [0.29, 0.717) is 18.4 Å². The van der Waals surface area contributed by atoms with Gasteiger partial charge in [-0.25, -0.2) is 0 Å². The molecular weight excluding hydrogens is 583 g/mol. The van der Waals surface area contributed by atoms with Crippen LogP contribution in [0, 0.1) is 23.9 Å². The molecule has 4 nitrogen and oxygen atoms in total. The maximum absolute atomic E-state index is 14.3. The quantitative estimate of drug-likeness (QED) is 0.418. The Balaban J connectivity index is 1.97. The molecule has 36 heavy (non-hydrogen) atoms. The van der Waals surface area contributed by atoms with E-state index >= 15 is 0 Å². The molecule has 196 valence electrons. The highest BCUT2D eigenvalue weighted by atomic mass is 127. The first-order chi connectivity index (χ1) is 16.3. The molecule has 4 rings (SSSR count). The summed E-state index contributed by atoms with van der Waals surface area (Å²) in [5, 5.41) is 0. The molecule has 2 aromatic carbocycles. The molecule has 0 spiro atoms. The normalized spacial score (nSPS) is 28.1. The molecule has 2 bridgehead atoms. The highest BCUT2D eigenvalue weighted by Crippen LogP contribution is 2.71. The van der Waals surface area contributed by atoms with Crippen molar-refractivity contribution in [3.05, 3.63) is 66.3 Å². The molecule has 0 heterocycles. The van der Waals surface area contributed by atoms with E-state index in [1.807, 2.05) is 32.9 Å². The standard InChI is InChI=1S/C30H39IO4S/c1-26(2,3)19-10-13-21(14-11-19)31-23-15-12-20(27(4,5)6)18-22(23)30(36(33,34)35)24-16-17-29(9,25(30)32)28(24,7)8/h10-15,18,24H,16-17H2,1-9H3/p+1. The number of carbonyl (C=O) groups excluding carboxylic acids is 1. The Hall–Kier alpha value is -1.25. The van der Waals surface area contributed by atoms with E-state index < -0.39 is 52.8 Å². The summed E-state index contributed by atoms with van der Waals surface area (Å²) in [4.78, 5) is 14.3. The summed E-state index contributed by atoms with van der Waals surface area (Å²) in [6.07, 6.45) is 1.26. The molecule has 2 fully saturated rings. The number of fused-ring (bicyclic) bond motifs is 2. The molecule has 0 amide bonds. The minimum Gasteiger partial charge on any atom is -0.297 e. The van der Waals surface area contributed by atoms with Crippen LogP contribution in [-0.4, -0.2) is 18.8 Å². The third kappa shape index (κ3) is 3.92. The van der Waals surface area contributed by atoms with Crippen LogP contribution < -0.4 is 21.2 Å². The van der Waals surface area contributed by atoms with Crippen molar-refractivity contribution < 1.29 is 39.0 Å². The number of Topliss-reactive ketones (excluding diaryl/α,β-unsaturated/α-hetero) is 1. The third-order valence-electron chi connectivity index (χ3n) is 9.12. The van der Waals surface area contributed by atoms with Crippen LogP contribution in [0.15, 0.2) is 42.5 Å². The van der Waals surface area contributed by atoms with Crippen molar-refractivity contribution in [2.45, 2.75) is 90.7 Å². The fourth-order valence-electron chi connectivity index (χ4n) is 6.42. The average Bonchev–Trinajstić information content (AvgIpc) is 3.04. The second kappa shape index (κ2) is 8.37. The molecule has 3 unspecified atom stereocenters. The van der Waals surface area contributed by atoms with Crippen molar-refractivity contribution >= 4 is 15.9 Å². The smallest absolute Gasteiger partial charge is 0.297 e. The lowest BCUT2D eigenvalue weighted by atomic mass is 9.70. The van der Waals surface area contributed by atoms with Gasteiger partial charge in [0.2, 0.25) is 0 Å². The van der Waals surface area contributed by atoms with Gasteiger partial charge in [0.05, 0.1) is 0 Å². The third-order valence-corrected chi connectivity index (χ3v) is 13.5. The fraction of sp³-hybridized carbons (Fsp3) is 0.567. The summed E-state index contributed by atoms with van der Waals surface area (Å²) in [5.41, 5.74) is 1.19. The van der Waals surface area contributed by atoms with E-state index in [9.17, 15) is 17.8 Å². The fourth-order valence-corrected chi connectivity index (χ4v) is 10.9. The summed E-state index contributed by atoms with van der Waals surface area (Å²) >= 11 is -0.796. The largest absolute Gasteiger partial charge is 0.358 e. The van der Waals surface area contributed by atoms with Gasteiger partial charge in [0.1, 0.15) is 0 Å². The Morgan fingerprint density at radius 2 is 1.42 bits per heavy atom. The molecule has 2 saturated carbocycles. The topological polar surface area (TPSA) is 71.4 Å². The maximum atomic E-state index is 14.3. The minimum atomic E-state index is -4.74. The highest BCUT2D eigenvalue weighted by Gasteiger charge is 2.78. The van der Waals surface area contributed by atoms with Crippen LogP contribution in [-0.2, 0) is 30.5 Å². The summed E-state index contributed by atoms with van der Waals surface area (Å²) in [6, 6.07) is 14.5. The number of rotatable bonds is 4. The van der Waals surface area contributed by atoms with E-state index in [0.717, 1.165) is 12.7 Å². The van der Waals surface area contributed by atoms with E-state index in [1.165, 1.54) is 5.56 Å². The van der Waals surface area contributed by atoms with Crippen molar-refractivity contribution in [2.75, 3.05) is 0 Å². The van der Waals surface area contributed by atoms with Gasteiger partial charge >= 0.3 is 21.2 Å². The Morgan fingerprint density at radius 1 is 0.889 bits per heavy atom. The summed E-state index contributed by atoms with van der Waals surface area (Å²) in [7, 11) is -4.74. The summed E-state index contributed by atoms with van der Waals surface area (Å²) < 4.78 is 38.0. The van der Waals surface area contributed by atoms with E-state index in [4.69, 9.17) is 0 Å². The van der Waals surface area contributed by atoms with Crippen molar-refractivity contribution in [3.63, 3.8) is 0 Å². The number of hydrogen-bond donors (Lipinski definition) is 1. The zero-order valence-corrected chi connectivity index (χ0v) is 26.0. The lowest BCUT2D eigenvalue weighted by Gasteiger charge is -2.36. The molecule has 0 saturated heterocycles. The monoisotopic (exact) mass is 623 g/mol. The molecule has 6 heteroatoms. The van der Waals surface area contributed by atoms with Gasteiger partial charge in [-0.15, -0.1) is 0 Å². The molecule has 0 aliphatic heterocycles. The lowest BCUT2D eigenvalue weighted by Crippen LogP contribution is -3.61. The molecular formula is C30H40IO4S+. The van der Waals surface area contributed by atoms with Gasteiger partial charge in [-0.2, -0.15) is 8.42 Å². The highest BCUT2D eigenvalue weighted by molar-refractivity contribution is 7.87. The number of benzene rings is 2. The predicted molar refractivity (Wildman–Crippen MR) is 141 cm³/mol. The average molecular weight is 624 g/mol. The van der Waals surface area contributed by atoms with Crippen molar-refractivity contribution in [1.82, 2.24) is 0 Å². The Morgan fingerprint density at radius 3 is 1.86 bits per heavy atom. The van der Waals surface area contributed by atoms with Crippen molar-refractivity contribution in [2.24, 2.45) is 16.7 Å². The molecule has 2 aliphatic carbocycles. The van der Waals surface area contributed by atoms with Gasteiger partial charge in [0, 0.05) is 11.0 Å². The lowest BCUT2D eigenvalue weighted by molar-refractivity contribution is -0.598. The Labute approximate surface area is 227 Å². The summed E-state index contributed by atoms with van der Waals surface area (Å²) in [5.74, 6) is -0.808. The first-order valence-corrected chi connectivity index (χ1v) is 16.3. The van der Waals surface area contributed by atoms with Gasteiger partial charge in [-0.05, 0) is 70.4 Å². The van der Waals surface area contributed by atoms with Crippen molar-refractivity contribution in [1.29, 1.82) is 0 Å². The van der Waals surface area contributed by atoms with E-state index in [2.05, 4.69) is 71.9 Å². The van der Waals surface area contributed by atoms with E-state index in [-0.39, 0.29) is 16.6 Å². The molecule has 0 radical (unpaired) electrons. The van der Waals surface area contributed by atoms with Crippen LogP contribution >= 0.6 is 0 Å². The first-order valence-electron chi connectivity index (χ1n) is 12.7. The number of halogens is 1. The van der Waals surface area contributed by atoms with Crippen LogP contribution in [0.1, 0.15) is 91.8 Å². The van der Waals surface area contributed by atoms with Gasteiger partial charge in [-0.3, -0.25) is 9.35 Å². The predicted octanol–water partition coefficient (Wildman–Crippen LogP) is 3.52. The molecule has 0 aromatic heterocycles. The number of carbonyl (C=O) groups is 1. The van der Waals surface area contributed by atoms with E-state index in [1.54, 1.807) is 0 Å². The van der Waals surface area contributed by atoms with Crippen molar-refractivity contribution in [3.8, 4) is 0 Å². The zero-order valence-electron chi connectivity index (χ0n) is 23.0.